The van der Waals surface area contributed by atoms with Crippen LogP contribution in [-0.2, 0) is 25.0 Å². The number of nitrogens with zero attached hydrogens (tertiary/aromatic N) is 6. The Kier molecular flexibility index (Phi) is 7.54. The summed E-state index contributed by atoms with van der Waals surface area (Å²) in [5, 5.41) is 3.82. The molecule has 0 unspecified atom stereocenters. The summed E-state index contributed by atoms with van der Waals surface area (Å²) in [5.41, 5.74) is 6.45. The van der Waals surface area contributed by atoms with Crippen LogP contribution in [0.2, 0.25) is 0 Å². The predicted molar refractivity (Wildman–Crippen MR) is 177 cm³/mol. The fraction of sp³-hybridized carbons (Fsp3) is 0. The summed E-state index contributed by atoms with van der Waals surface area (Å²) in [5.74, 6) is 2.39. The van der Waals surface area contributed by atoms with Gasteiger partial charge in [-0.2, -0.15) is 8.42 Å². The molecule has 2 N–H and O–H groups in total. The Hall–Kier alpha value is -4.72. The molecular weight excluding hydrogens is 690 g/mol. The summed E-state index contributed by atoms with van der Waals surface area (Å²) in [7, 11) is 4.81. The smallest absolute Gasteiger partial charge is 0.317 e. The Morgan fingerprint density at radius 3 is 0.870 bits per heavy atom. The van der Waals surface area contributed by atoms with E-state index in [-0.39, 0.29) is 16.8 Å². The first-order chi connectivity index (χ1) is 21.8. The third-order valence-electron chi connectivity index (χ3n) is 7.46. The van der Waals surface area contributed by atoms with Gasteiger partial charge in [-0.3, -0.25) is 0 Å². The van der Waals surface area contributed by atoms with Crippen LogP contribution in [0.25, 0.3) is 89.7 Å². The molecule has 46 heavy (non-hydrogen) atoms. The van der Waals surface area contributed by atoms with Crippen LogP contribution in [0.4, 0.5) is 0 Å². The zero-order chi connectivity index (χ0) is 30.7. The van der Waals surface area contributed by atoms with Crippen LogP contribution >= 0.6 is 21.4 Å². The number of benzene rings is 4. The molecule has 2 aliphatic rings. The Balaban J connectivity index is 0.000000526. The first-order valence-electron chi connectivity index (χ1n) is 13.6. The Labute approximate surface area is 280 Å². The van der Waals surface area contributed by atoms with E-state index in [0.29, 0.717) is 45.9 Å². The van der Waals surface area contributed by atoms with Crippen molar-refractivity contribution < 1.29 is 25.2 Å². The minimum absolute atomic E-state index is 0. The van der Waals surface area contributed by atoms with Crippen molar-refractivity contribution in [2.24, 2.45) is 0 Å². The molecule has 0 fully saturated rings. The number of hydrogen-bond acceptors (Lipinski definition) is 8. The van der Waals surface area contributed by atoms with Crippen molar-refractivity contribution in [3.8, 4) is 45.6 Å². The monoisotopic (exact) mass is 707 g/mol. The van der Waals surface area contributed by atoms with E-state index in [9.17, 15) is 0 Å². The van der Waals surface area contributed by atoms with Crippen LogP contribution in [0.1, 0.15) is 0 Å². The van der Waals surface area contributed by atoms with Crippen molar-refractivity contribution >= 4 is 73.8 Å². The summed E-state index contributed by atoms with van der Waals surface area (Å²) in [6.45, 7) is 0. The van der Waals surface area contributed by atoms with Gasteiger partial charge in [0.15, 0.2) is 23.3 Å². The number of halogens is 2. The van der Waals surface area contributed by atoms with Gasteiger partial charge in [0.2, 0.25) is 0 Å². The molecule has 7 aromatic rings. The van der Waals surface area contributed by atoms with Crippen LogP contribution in [0.15, 0.2) is 97.1 Å². The van der Waals surface area contributed by atoms with Crippen LogP contribution in [0, 0.1) is 0 Å². The first kappa shape index (κ1) is 30.0. The molecule has 10 nitrogen and oxygen atoms in total. The van der Waals surface area contributed by atoms with Gasteiger partial charge in [0, 0.05) is 81.9 Å². The summed E-state index contributed by atoms with van der Waals surface area (Å²) in [6.07, 6.45) is 0. The third-order valence-corrected chi connectivity index (χ3v) is 7.46. The van der Waals surface area contributed by atoms with E-state index >= 15 is 0 Å². The average Bonchev–Trinajstić information content (AvgIpc) is 3.76. The fourth-order valence-corrected chi connectivity index (χ4v) is 5.59. The summed E-state index contributed by atoms with van der Waals surface area (Å²) in [4.78, 5) is 36.8. The quantitative estimate of drug-likeness (QED) is 0.154. The maximum Gasteiger partial charge on any atom is 0.317 e. The van der Waals surface area contributed by atoms with Crippen molar-refractivity contribution in [1.82, 2.24) is 39.9 Å². The number of H-pyrrole nitrogens is 2. The van der Waals surface area contributed by atoms with Crippen molar-refractivity contribution in [2.75, 3.05) is 0 Å². The van der Waals surface area contributed by atoms with Gasteiger partial charge in [-0.25, -0.2) is 29.9 Å². The number of aromatic nitrogens is 8. The maximum atomic E-state index is 9.16. The summed E-state index contributed by atoms with van der Waals surface area (Å²) < 4.78 is 18.3. The van der Waals surface area contributed by atoms with E-state index in [1.165, 1.54) is 0 Å². The van der Waals surface area contributed by atoms with Crippen molar-refractivity contribution in [1.29, 1.82) is 0 Å². The zero-order valence-corrected chi connectivity index (χ0v) is 26.6. The number of nitrogens with one attached hydrogen (secondary N) is 2. The fourth-order valence-electron chi connectivity index (χ4n) is 5.59. The van der Waals surface area contributed by atoms with Crippen LogP contribution in [0.3, 0.4) is 0 Å². The van der Waals surface area contributed by atoms with E-state index in [0.717, 1.165) is 43.8 Å². The molecule has 8 bridgehead atoms. The molecule has 0 spiro atoms. The number of aromatic amines is 2. The molecule has 4 aromatic carbocycles. The predicted octanol–water partition coefficient (Wildman–Crippen LogP) is 7.58. The van der Waals surface area contributed by atoms with Crippen molar-refractivity contribution in [3.63, 3.8) is 0 Å². The van der Waals surface area contributed by atoms with E-state index in [1.807, 2.05) is 97.1 Å². The van der Waals surface area contributed by atoms with E-state index in [2.05, 4.69) is 31.3 Å². The molecule has 2 aliphatic heterocycles. The minimum atomic E-state index is -3.72. The normalized spacial score (nSPS) is 11.7. The zero-order valence-electron chi connectivity index (χ0n) is 23.2. The molecule has 227 valence electrons. The standard InChI is InChI=1S/C32H18N8.Cl2O2S.Co/c1-2-10-18-17(9-1)25-33-26(18)38-28-21-13-5-6-14-22(21)30(35-28)40-32-24-16-8-7-15-23(24)31(36-32)39-29-20-12-4-3-11-19(20)27(34-29)37-25;1-5(2,3)4;/h1-16H,(H2,33,34,35,36,37,38,39,40);;. The molecule has 0 amide bonds. The molecular formula is C32H18Cl2CoN8O2S. The van der Waals surface area contributed by atoms with Gasteiger partial charge in [0.25, 0.3) is 0 Å². The van der Waals surface area contributed by atoms with Crippen LogP contribution in [0.5, 0.6) is 0 Å². The second-order valence-corrected chi connectivity index (χ2v) is 13.8. The van der Waals surface area contributed by atoms with Gasteiger partial charge in [0.05, 0.1) is 0 Å². The molecule has 3 aromatic heterocycles. The van der Waals surface area contributed by atoms with Gasteiger partial charge in [0.1, 0.15) is 22.6 Å². The molecule has 9 rings (SSSR count). The van der Waals surface area contributed by atoms with E-state index in [4.69, 9.17) is 38.3 Å². The second-order valence-electron chi connectivity index (χ2n) is 10.2. The van der Waals surface area contributed by atoms with Gasteiger partial charge in [-0.1, -0.05) is 97.1 Å². The molecule has 0 saturated heterocycles. The topological polar surface area (TPSA) is 143 Å². The van der Waals surface area contributed by atoms with Gasteiger partial charge >= 0.3 is 8.26 Å². The van der Waals surface area contributed by atoms with Gasteiger partial charge < -0.3 is 9.97 Å². The Morgan fingerprint density at radius 1 is 0.413 bits per heavy atom. The van der Waals surface area contributed by atoms with E-state index < -0.39 is 8.26 Å². The van der Waals surface area contributed by atoms with Gasteiger partial charge in [-0.05, 0) is 0 Å². The molecule has 0 aliphatic carbocycles. The maximum absolute atomic E-state index is 9.16. The molecule has 1 radical (unpaired) electrons. The van der Waals surface area contributed by atoms with Crippen molar-refractivity contribution in [3.05, 3.63) is 97.1 Å². The molecule has 14 heteroatoms. The second kappa shape index (κ2) is 11.6. The third kappa shape index (κ3) is 5.40. The minimum Gasteiger partial charge on any atom is -0.324 e. The average molecular weight is 708 g/mol. The van der Waals surface area contributed by atoms with Crippen molar-refractivity contribution in [2.45, 2.75) is 0 Å². The SMILES string of the molecule is O=S(=O)(Cl)Cl.[Co].c1ccc2c(c1)-c1nc-2nc2[nH]c(nc3nc(nc4[nH]c(n1)c1ccccc41)-c1ccccc1-3)c1ccccc21. The molecule has 0 atom stereocenters. The van der Waals surface area contributed by atoms with Gasteiger partial charge in [-0.15, -0.1) is 0 Å². The van der Waals surface area contributed by atoms with E-state index in [1.54, 1.807) is 0 Å². The first-order valence-corrected chi connectivity index (χ1v) is 16.8. The van der Waals surface area contributed by atoms with Crippen LogP contribution < -0.4 is 0 Å². The number of rotatable bonds is 0. The van der Waals surface area contributed by atoms with Crippen LogP contribution in [-0.4, -0.2) is 48.3 Å². The molecule has 0 saturated carbocycles. The number of fused-ring (bicyclic) bond motifs is 20. The Bertz CT molecular complexity index is 2300. The molecule has 5 heterocycles. The Morgan fingerprint density at radius 2 is 0.630 bits per heavy atom. The summed E-state index contributed by atoms with van der Waals surface area (Å²) >= 11 is 0. The summed E-state index contributed by atoms with van der Waals surface area (Å²) in [6, 6.07) is 32.2. The number of hydrogen-bond donors (Lipinski definition) is 2. The largest absolute Gasteiger partial charge is 0.324 e.